The number of aliphatic hydroxyl groups excluding tert-OH is 1. The van der Waals surface area contributed by atoms with Gasteiger partial charge in [-0.3, -0.25) is 4.39 Å². The third-order valence-electron chi connectivity index (χ3n) is 1.22. The number of hydrogen-bond donors (Lipinski definition) is 1. The molecule has 0 aromatic carbocycles. The lowest BCUT2D eigenvalue weighted by Crippen LogP contribution is -2.01. The predicted octanol–water partition coefficient (Wildman–Crippen LogP) is 2.23. The molecule has 0 aromatic rings. The molecule has 0 fully saturated rings. The SMILES string of the molecule is CCC=CC=CC(O)CCF. The summed E-state index contributed by atoms with van der Waals surface area (Å²) < 4.78 is 11.6. The standard InChI is InChI=1S/C9H15FO/c1-2-3-4-5-6-9(11)7-8-10/h3-6,9,11H,2,7-8H2,1H3. The molecule has 0 aliphatic carbocycles. The Morgan fingerprint density at radius 2 is 2.18 bits per heavy atom. The highest BCUT2D eigenvalue weighted by Crippen LogP contribution is 1.94. The molecule has 0 aromatic heterocycles. The highest BCUT2D eigenvalue weighted by atomic mass is 19.1. The van der Waals surface area contributed by atoms with E-state index in [-0.39, 0.29) is 6.42 Å². The molecule has 1 nitrogen and oxygen atoms in total. The Labute approximate surface area is 67.2 Å². The molecule has 0 spiro atoms. The zero-order chi connectivity index (χ0) is 8.53. The minimum absolute atomic E-state index is 0.191. The van der Waals surface area contributed by atoms with E-state index in [0.29, 0.717) is 0 Å². The molecule has 1 atom stereocenters. The molecule has 0 radical (unpaired) electrons. The van der Waals surface area contributed by atoms with Gasteiger partial charge in [-0.1, -0.05) is 31.2 Å². The van der Waals surface area contributed by atoms with E-state index in [2.05, 4.69) is 0 Å². The Balaban J connectivity index is 3.47. The maximum absolute atomic E-state index is 11.6. The zero-order valence-corrected chi connectivity index (χ0v) is 6.83. The summed E-state index contributed by atoms with van der Waals surface area (Å²) in [6, 6.07) is 0. The molecular formula is C9H15FO. The predicted molar refractivity (Wildman–Crippen MR) is 45.2 cm³/mol. The molecule has 0 rings (SSSR count). The van der Waals surface area contributed by atoms with Crippen LogP contribution >= 0.6 is 0 Å². The molecule has 2 heteroatoms. The summed E-state index contributed by atoms with van der Waals surface area (Å²) in [6.45, 7) is 1.56. The van der Waals surface area contributed by atoms with Gasteiger partial charge in [-0.2, -0.15) is 0 Å². The average molecular weight is 158 g/mol. The molecule has 1 N–H and O–H groups in total. The molecular weight excluding hydrogens is 143 g/mol. The van der Waals surface area contributed by atoms with Gasteiger partial charge in [-0.25, -0.2) is 0 Å². The second kappa shape index (κ2) is 7.48. The van der Waals surface area contributed by atoms with Crippen molar-refractivity contribution in [2.75, 3.05) is 6.67 Å². The molecule has 64 valence electrons. The lowest BCUT2D eigenvalue weighted by atomic mass is 10.2. The van der Waals surface area contributed by atoms with Gasteiger partial charge in [0.15, 0.2) is 0 Å². The van der Waals surface area contributed by atoms with Crippen molar-refractivity contribution in [2.24, 2.45) is 0 Å². The van der Waals surface area contributed by atoms with Gasteiger partial charge < -0.3 is 5.11 Å². The van der Waals surface area contributed by atoms with Crippen LogP contribution in [0, 0.1) is 0 Å². The largest absolute Gasteiger partial charge is 0.389 e. The molecule has 0 heterocycles. The van der Waals surface area contributed by atoms with Gasteiger partial charge in [0, 0.05) is 6.42 Å². The van der Waals surface area contributed by atoms with E-state index in [1.165, 1.54) is 0 Å². The van der Waals surface area contributed by atoms with Crippen molar-refractivity contribution in [1.29, 1.82) is 0 Å². The van der Waals surface area contributed by atoms with Crippen molar-refractivity contribution < 1.29 is 9.50 Å². The minimum Gasteiger partial charge on any atom is -0.389 e. The Hall–Kier alpha value is -0.630. The van der Waals surface area contributed by atoms with Crippen LogP contribution in [0.3, 0.4) is 0 Å². The van der Waals surface area contributed by atoms with E-state index in [0.717, 1.165) is 6.42 Å². The summed E-state index contributed by atoms with van der Waals surface area (Å²) in [5.41, 5.74) is 0. The Morgan fingerprint density at radius 3 is 2.73 bits per heavy atom. The number of rotatable bonds is 5. The number of hydrogen-bond acceptors (Lipinski definition) is 1. The van der Waals surface area contributed by atoms with Crippen molar-refractivity contribution in [2.45, 2.75) is 25.9 Å². The fraction of sp³-hybridized carbons (Fsp3) is 0.556. The van der Waals surface area contributed by atoms with Crippen LogP contribution in [0.1, 0.15) is 19.8 Å². The van der Waals surface area contributed by atoms with E-state index < -0.39 is 12.8 Å². The molecule has 0 saturated heterocycles. The van der Waals surface area contributed by atoms with Gasteiger partial charge in [-0.05, 0) is 6.42 Å². The summed E-state index contributed by atoms with van der Waals surface area (Å²) in [6.07, 6.45) is 7.68. The van der Waals surface area contributed by atoms with Crippen molar-refractivity contribution in [3.63, 3.8) is 0 Å². The quantitative estimate of drug-likeness (QED) is 0.608. The third-order valence-corrected chi connectivity index (χ3v) is 1.22. The molecule has 0 aliphatic rings. The number of allylic oxidation sites excluding steroid dienone is 3. The zero-order valence-electron chi connectivity index (χ0n) is 6.83. The minimum atomic E-state index is -0.637. The topological polar surface area (TPSA) is 20.2 Å². The first-order chi connectivity index (χ1) is 5.31. The van der Waals surface area contributed by atoms with E-state index in [4.69, 9.17) is 5.11 Å². The van der Waals surface area contributed by atoms with Crippen LogP contribution in [-0.4, -0.2) is 17.9 Å². The highest BCUT2D eigenvalue weighted by Gasteiger charge is 1.94. The van der Waals surface area contributed by atoms with Gasteiger partial charge in [0.05, 0.1) is 12.8 Å². The van der Waals surface area contributed by atoms with Crippen molar-refractivity contribution in [3.8, 4) is 0 Å². The van der Waals surface area contributed by atoms with Gasteiger partial charge in [0.25, 0.3) is 0 Å². The smallest absolute Gasteiger partial charge is 0.0922 e. The summed E-state index contributed by atoms with van der Waals surface area (Å²) in [5, 5.41) is 8.99. The fourth-order valence-corrected chi connectivity index (χ4v) is 0.615. The number of halogens is 1. The van der Waals surface area contributed by atoms with Crippen molar-refractivity contribution in [1.82, 2.24) is 0 Å². The fourth-order valence-electron chi connectivity index (χ4n) is 0.615. The van der Waals surface area contributed by atoms with Crippen LogP contribution in [0.2, 0.25) is 0 Å². The molecule has 11 heavy (non-hydrogen) atoms. The van der Waals surface area contributed by atoms with Crippen LogP contribution in [0.25, 0.3) is 0 Å². The van der Waals surface area contributed by atoms with Crippen molar-refractivity contribution in [3.05, 3.63) is 24.3 Å². The average Bonchev–Trinajstić information content (AvgIpc) is 1.99. The molecule has 0 bridgehead atoms. The second-order valence-electron chi connectivity index (χ2n) is 2.27. The first kappa shape index (κ1) is 10.4. The Morgan fingerprint density at radius 1 is 1.45 bits per heavy atom. The number of alkyl halides is 1. The van der Waals surface area contributed by atoms with Gasteiger partial charge in [0.2, 0.25) is 0 Å². The summed E-state index contributed by atoms with van der Waals surface area (Å²) in [5.74, 6) is 0. The molecule has 0 saturated carbocycles. The normalized spacial score (nSPS) is 14.8. The van der Waals surface area contributed by atoms with Crippen LogP contribution < -0.4 is 0 Å². The van der Waals surface area contributed by atoms with E-state index in [1.54, 1.807) is 12.2 Å². The summed E-state index contributed by atoms with van der Waals surface area (Å²) in [7, 11) is 0. The van der Waals surface area contributed by atoms with Crippen LogP contribution in [0.15, 0.2) is 24.3 Å². The lowest BCUT2D eigenvalue weighted by molar-refractivity contribution is 0.199. The van der Waals surface area contributed by atoms with Crippen molar-refractivity contribution >= 4 is 0 Å². The van der Waals surface area contributed by atoms with Crippen LogP contribution in [-0.2, 0) is 0 Å². The molecule has 0 amide bonds. The first-order valence-corrected chi connectivity index (χ1v) is 3.88. The van der Waals surface area contributed by atoms with E-state index >= 15 is 0 Å². The van der Waals surface area contributed by atoms with Gasteiger partial charge in [-0.15, -0.1) is 0 Å². The highest BCUT2D eigenvalue weighted by molar-refractivity contribution is 5.04. The first-order valence-electron chi connectivity index (χ1n) is 3.88. The molecule has 1 unspecified atom stereocenters. The second-order valence-corrected chi connectivity index (χ2v) is 2.27. The molecule has 0 aliphatic heterocycles. The third kappa shape index (κ3) is 7.26. The summed E-state index contributed by atoms with van der Waals surface area (Å²) in [4.78, 5) is 0. The Bertz CT molecular complexity index is 130. The van der Waals surface area contributed by atoms with Crippen LogP contribution in [0.5, 0.6) is 0 Å². The van der Waals surface area contributed by atoms with E-state index in [1.807, 2.05) is 19.1 Å². The summed E-state index contributed by atoms with van der Waals surface area (Å²) >= 11 is 0. The lowest BCUT2D eigenvalue weighted by Gasteiger charge is -1.98. The van der Waals surface area contributed by atoms with Crippen LogP contribution in [0.4, 0.5) is 4.39 Å². The monoisotopic (exact) mass is 158 g/mol. The Kier molecular flexibility index (Phi) is 7.05. The van der Waals surface area contributed by atoms with Gasteiger partial charge in [0.1, 0.15) is 0 Å². The number of aliphatic hydroxyl groups is 1. The van der Waals surface area contributed by atoms with E-state index in [9.17, 15) is 4.39 Å². The van der Waals surface area contributed by atoms with Gasteiger partial charge >= 0.3 is 0 Å². The maximum atomic E-state index is 11.6. The maximum Gasteiger partial charge on any atom is 0.0922 e.